The maximum atomic E-state index is 13.3. The van der Waals surface area contributed by atoms with Crippen molar-refractivity contribution in [3.05, 3.63) is 48.0 Å². The largest absolute Gasteiger partial charge is 0.486 e. The number of hydrogen-bond acceptors (Lipinski definition) is 6. The Morgan fingerprint density at radius 1 is 0.919 bits per heavy atom. The van der Waals surface area contributed by atoms with Crippen LogP contribution in [0.1, 0.15) is 37.7 Å². The van der Waals surface area contributed by atoms with Crippen LogP contribution in [0.25, 0.3) is 0 Å². The minimum absolute atomic E-state index is 0.0954. The van der Waals surface area contributed by atoms with E-state index in [1.807, 2.05) is 19.1 Å². The summed E-state index contributed by atoms with van der Waals surface area (Å²) in [7, 11) is -1.77. The highest BCUT2D eigenvalue weighted by atomic mass is 32.2. The van der Waals surface area contributed by atoms with Crippen LogP contribution >= 0.6 is 0 Å². The zero-order valence-electron chi connectivity index (χ0n) is 21.0. The van der Waals surface area contributed by atoms with Crippen molar-refractivity contribution in [1.82, 2.24) is 5.32 Å². The third-order valence-corrected chi connectivity index (χ3v) is 7.48. The molecular formula is C27H33N3O6S. The predicted octanol–water partition coefficient (Wildman–Crippen LogP) is 2.94. The summed E-state index contributed by atoms with van der Waals surface area (Å²) in [5.41, 5.74) is 2.09. The highest BCUT2D eigenvalue weighted by Gasteiger charge is 2.25. The Hall–Kier alpha value is -3.40. The Morgan fingerprint density at radius 2 is 1.62 bits per heavy atom. The molecule has 0 aromatic heterocycles. The Balaban J connectivity index is 1.42. The third kappa shape index (κ3) is 7.79. The molecule has 2 aromatic rings. The van der Waals surface area contributed by atoms with Gasteiger partial charge in [-0.15, -0.1) is 0 Å². The number of ether oxygens (including phenoxy) is 2. The molecular weight excluding hydrogens is 494 g/mol. The zero-order valence-corrected chi connectivity index (χ0v) is 21.8. The maximum Gasteiger partial charge on any atom is 0.240 e. The fourth-order valence-electron chi connectivity index (χ4n) is 4.43. The number of hydrogen-bond donors (Lipinski definition) is 2. The molecule has 4 rings (SSSR count). The maximum absolute atomic E-state index is 13.3. The van der Waals surface area contributed by atoms with Crippen molar-refractivity contribution in [2.24, 2.45) is 0 Å². The predicted molar refractivity (Wildman–Crippen MR) is 142 cm³/mol. The molecule has 0 saturated heterocycles. The Labute approximate surface area is 219 Å². The lowest BCUT2D eigenvalue weighted by atomic mass is 9.95. The second-order valence-corrected chi connectivity index (χ2v) is 10.8. The molecule has 1 atom stereocenters. The van der Waals surface area contributed by atoms with E-state index < -0.39 is 28.4 Å². The monoisotopic (exact) mass is 527 g/mol. The summed E-state index contributed by atoms with van der Waals surface area (Å²) in [5, 5.41) is 5.72. The summed E-state index contributed by atoms with van der Waals surface area (Å²) in [6.45, 7) is 2.53. The lowest BCUT2D eigenvalue weighted by molar-refractivity contribution is -0.123. The molecule has 2 N–H and O–H groups in total. The lowest BCUT2D eigenvalue weighted by Gasteiger charge is -2.27. The summed E-state index contributed by atoms with van der Waals surface area (Å²) in [6, 6.07) is 12.3. The lowest BCUT2D eigenvalue weighted by Crippen LogP contribution is -2.46. The van der Waals surface area contributed by atoms with Crippen molar-refractivity contribution < 1.29 is 28.1 Å². The summed E-state index contributed by atoms with van der Waals surface area (Å²) in [4.78, 5) is 39.8. The average Bonchev–Trinajstić information content (AvgIpc) is 2.88. The second kappa shape index (κ2) is 12.7. The van der Waals surface area contributed by atoms with E-state index in [4.69, 9.17) is 9.47 Å². The quantitative estimate of drug-likeness (QED) is 0.518. The molecule has 1 aliphatic carbocycles. The molecule has 1 heterocycles. The fraction of sp³-hybridized carbons (Fsp3) is 0.444. The van der Waals surface area contributed by atoms with Gasteiger partial charge >= 0.3 is 0 Å². The van der Waals surface area contributed by atoms with Crippen LogP contribution in [0.4, 0.5) is 11.4 Å². The number of anilines is 2. The number of amides is 3. The van der Waals surface area contributed by atoms with Crippen LogP contribution in [0, 0.1) is 6.92 Å². The standard InChI is InChI=1S/C27H33N3O6S/c1-19-7-9-21(10-8-19)29-26(32)17-37(34)18-27(33)30(16-25(31)28-20-5-3-2-4-6-20)22-11-12-23-24(15-22)36-14-13-35-23/h7-12,15,20H,2-6,13-14,16-18H2,1H3,(H,28,31)(H,29,32). The van der Waals surface area contributed by atoms with Crippen LogP contribution in [0.2, 0.25) is 0 Å². The van der Waals surface area contributed by atoms with E-state index in [1.54, 1.807) is 30.3 Å². The normalized spacial score (nSPS) is 15.9. The first kappa shape index (κ1) is 26.7. The molecule has 2 aromatic carbocycles. The molecule has 198 valence electrons. The second-order valence-electron chi connectivity index (χ2n) is 9.35. The molecule has 1 fully saturated rings. The first-order valence-electron chi connectivity index (χ1n) is 12.6. The van der Waals surface area contributed by atoms with Gasteiger partial charge in [-0.2, -0.15) is 0 Å². The molecule has 37 heavy (non-hydrogen) atoms. The average molecular weight is 528 g/mol. The van der Waals surface area contributed by atoms with Gasteiger partial charge in [0.2, 0.25) is 17.7 Å². The van der Waals surface area contributed by atoms with Gasteiger partial charge in [-0.05, 0) is 44.0 Å². The molecule has 1 unspecified atom stereocenters. The zero-order chi connectivity index (χ0) is 26.2. The molecule has 3 amide bonds. The topological polar surface area (TPSA) is 114 Å². The number of aryl methyl sites for hydroxylation is 1. The highest BCUT2D eigenvalue weighted by molar-refractivity contribution is 7.86. The fourth-order valence-corrected chi connectivity index (χ4v) is 5.33. The summed E-state index contributed by atoms with van der Waals surface area (Å²) >= 11 is 0. The summed E-state index contributed by atoms with van der Waals surface area (Å²) in [6.07, 6.45) is 5.14. The van der Waals surface area contributed by atoms with Gasteiger partial charge in [-0.25, -0.2) is 0 Å². The minimum Gasteiger partial charge on any atom is -0.486 e. The van der Waals surface area contributed by atoms with E-state index >= 15 is 0 Å². The number of rotatable bonds is 9. The molecule has 9 nitrogen and oxygen atoms in total. The molecule has 0 spiro atoms. The summed E-state index contributed by atoms with van der Waals surface area (Å²) in [5.74, 6) is -0.931. The van der Waals surface area contributed by atoms with Gasteiger partial charge in [0.05, 0.1) is 0 Å². The van der Waals surface area contributed by atoms with E-state index in [1.165, 1.54) is 4.90 Å². The van der Waals surface area contributed by atoms with E-state index in [-0.39, 0.29) is 24.2 Å². The van der Waals surface area contributed by atoms with Crippen molar-refractivity contribution in [2.45, 2.75) is 45.1 Å². The minimum atomic E-state index is -1.77. The number of nitrogens with zero attached hydrogens (tertiary/aromatic N) is 1. The Kier molecular flexibility index (Phi) is 9.16. The van der Waals surface area contributed by atoms with Crippen LogP contribution in [0.15, 0.2) is 42.5 Å². The molecule has 2 aliphatic rings. The molecule has 0 radical (unpaired) electrons. The van der Waals surface area contributed by atoms with Gasteiger partial charge in [0.25, 0.3) is 0 Å². The number of fused-ring (bicyclic) bond motifs is 1. The van der Waals surface area contributed by atoms with Crippen LogP contribution in [0.3, 0.4) is 0 Å². The van der Waals surface area contributed by atoms with Crippen molar-refractivity contribution >= 4 is 39.9 Å². The van der Waals surface area contributed by atoms with Gasteiger partial charge in [-0.1, -0.05) is 37.0 Å². The van der Waals surface area contributed by atoms with E-state index in [0.717, 1.165) is 37.7 Å². The Bertz CT molecular complexity index is 1150. The smallest absolute Gasteiger partial charge is 0.240 e. The van der Waals surface area contributed by atoms with E-state index in [2.05, 4.69) is 10.6 Å². The van der Waals surface area contributed by atoms with E-state index in [0.29, 0.717) is 36.1 Å². The highest BCUT2D eigenvalue weighted by Crippen LogP contribution is 2.34. The first-order chi connectivity index (χ1) is 17.9. The molecule has 10 heteroatoms. The van der Waals surface area contributed by atoms with E-state index in [9.17, 15) is 18.6 Å². The molecule has 0 bridgehead atoms. The van der Waals surface area contributed by atoms with Crippen molar-refractivity contribution in [3.63, 3.8) is 0 Å². The summed E-state index contributed by atoms with van der Waals surface area (Å²) < 4.78 is 23.9. The first-order valence-corrected chi connectivity index (χ1v) is 14.1. The van der Waals surface area contributed by atoms with Crippen LogP contribution in [0.5, 0.6) is 11.5 Å². The van der Waals surface area contributed by atoms with Crippen molar-refractivity contribution in [3.8, 4) is 11.5 Å². The number of nitrogens with one attached hydrogen (secondary N) is 2. The van der Waals surface area contributed by atoms with Crippen LogP contribution in [-0.4, -0.2) is 59.2 Å². The van der Waals surface area contributed by atoms with Gasteiger partial charge in [0, 0.05) is 34.3 Å². The molecule has 1 aliphatic heterocycles. The van der Waals surface area contributed by atoms with Gasteiger partial charge in [-0.3, -0.25) is 18.6 Å². The number of carbonyl (C=O) groups excluding carboxylic acids is 3. The van der Waals surface area contributed by atoms with Crippen molar-refractivity contribution in [1.29, 1.82) is 0 Å². The number of carbonyl (C=O) groups is 3. The van der Waals surface area contributed by atoms with Gasteiger partial charge < -0.3 is 25.0 Å². The SMILES string of the molecule is Cc1ccc(NC(=O)CS(=O)CC(=O)N(CC(=O)NC2CCCCC2)c2ccc3c(c2)OCCO3)cc1. The Morgan fingerprint density at radius 3 is 2.35 bits per heavy atom. The van der Waals surface area contributed by atoms with Crippen molar-refractivity contribution in [2.75, 3.05) is 41.5 Å². The third-order valence-electron chi connectivity index (χ3n) is 6.32. The molecule has 1 saturated carbocycles. The van der Waals surface area contributed by atoms with Crippen LogP contribution < -0.4 is 25.0 Å². The van der Waals surface area contributed by atoms with Crippen LogP contribution in [-0.2, 0) is 25.2 Å². The number of benzene rings is 2. The van der Waals surface area contributed by atoms with Gasteiger partial charge in [0.15, 0.2) is 11.5 Å². The van der Waals surface area contributed by atoms with Gasteiger partial charge in [0.1, 0.15) is 31.3 Å².